The van der Waals surface area contributed by atoms with Gasteiger partial charge in [0.2, 0.25) is 5.43 Å². The van der Waals surface area contributed by atoms with E-state index in [1.54, 1.807) is 29.7 Å². The summed E-state index contributed by atoms with van der Waals surface area (Å²) in [5.41, 5.74) is 0.337. The summed E-state index contributed by atoms with van der Waals surface area (Å²) in [7, 11) is 0. The van der Waals surface area contributed by atoms with Gasteiger partial charge in [0.25, 0.3) is 0 Å². The van der Waals surface area contributed by atoms with Crippen LogP contribution in [0.25, 0.3) is 10.9 Å². The van der Waals surface area contributed by atoms with E-state index in [2.05, 4.69) is 0 Å². The summed E-state index contributed by atoms with van der Waals surface area (Å²) < 4.78 is 6.69. The van der Waals surface area contributed by atoms with Gasteiger partial charge in [0.1, 0.15) is 5.56 Å². The van der Waals surface area contributed by atoms with Gasteiger partial charge in [0.15, 0.2) is 0 Å². The van der Waals surface area contributed by atoms with Crippen LogP contribution in [0.4, 0.5) is 0 Å². The number of para-hydroxylation sites is 1. The van der Waals surface area contributed by atoms with Gasteiger partial charge in [-0.3, -0.25) is 4.79 Å². The second-order valence-electron chi connectivity index (χ2n) is 4.01. The van der Waals surface area contributed by atoms with Crippen LogP contribution in [0, 0.1) is 0 Å². The lowest BCUT2D eigenvalue weighted by Gasteiger charge is -2.12. The number of benzene rings is 1. The fourth-order valence-electron chi connectivity index (χ4n) is 2.02. The lowest BCUT2D eigenvalue weighted by molar-refractivity contribution is 0.0524. The Morgan fingerprint density at radius 3 is 2.74 bits per heavy atom. The molecule has 2 rings (SSSR count). The largest absolute Gasteiger partial charge is 0.462 e. The first-order valence-electron chi connectivity index (χ1n) is 6.08. The zero-order valence-electron chi connectivity index (χ0n) is 10.8. The second-order valence-corrected chi connectivity index (χ2v) is 4.42. The molecule has 2 aromatic rings. The molecule has 1 aromatic carbocycles. The SMILES string of the molecule is CCOC(=O)c1cn(CC)c2c(Cl)cccc2c1=O. The second kappa shape index (κ2) is 5.45. The van der Waals surface area contributed by atoms with E-state index in [0.717, 1.165) is 0 Å². The lowest BCUT2D eigenvalue weighted by atomic mass is 10.1. The number of aromatic nitrogens is 1. The smallest absolute Gasteiger partial charge is 0.343 e. The van der Waals surface area contributed by atoms with Gasteiger partial charge in [-0.2, -0.15) is 0 Å². The van der Waals surface area contributed by atoms with Gasteiger partial charge in [0, 0.05) is 18.1 Å². The number of aryl methyl sites for hydroxylation is 1. The highest BCUT2D eigenvalue weighted by molar-refractivity contribution is 6.35. The zero-order valence-corrected chi connectivity index (χ0v) is 11.5. The number of pyridine rings is 1. The van der Waals surface area contributed by atoms with Gasteiger partial charge in [-0.1, -0.05) is 17.7 Å². The van der Waals surface area contributed by atoms with Crippen molar-refractivity contribution >= 4 is 28.5 Å². The van der Waals surface area contributed by atoms with E-state index in [1.807, 2.05) is 6.92 Å². The van der Waals surface area contributed by atoms with Gasteiger partial charge < -0.3 is 9.30 Å². The van der Waals surface area contributed by atoms with E-state index >= 15 is 0 Å². The number of hydrogen-bond acceptors (Lipinski definition) is 3. The Morgan fingerprint density at radius 1 is 1.37 bits per heavy atom. The Labute approximate surface area is 115 Å². The molecule has 0 bridgehead atoms. The van der Waals surface area contributed by atoms with Gasteiger partial charge in [-0.05, 0) is 26.0 Å². The molecular weight excluding hydrogens is 266 g/mol. The van der Waals surface area contributed by atoms with E-state index in [-0.39, 0.29) is 17.6 Å². The van der Waals surface area contributed by atoms with Crippen LogP contribution in [0.2, 0.25) is 5.02 Å². The molecule has 0 fully saturated rings. The van der Waals surface area contributed by atoms with Gasteiger partial charge in [0.05, 0.1) is 17.1 Å². The molecule has 0 atom stereocenters. The molecule has 0 aliphatic rings. The number of ether oxygens (including phenoxy) is 1. The van der Waals surface area contributed by atoms with Gasteiger partial charge >= 0.3 is 5.97 Å². The number of hydrogen-bond donors (Lipinski definition) is 0. The molecule has 0 aliphatic heterocycles. The average molecular weight is 280 g/mol. The van der Waals surface area contributed by atoms with Gasteiger partial charge in [-0.15, -0.1) is 0 Å². The summed E-state index contributed by atoms with van der Waals surface area (Å²) in [6.07, 6.45) is 1.51. The van der Waals surface area contributed by atoms with Crippen molar-refractivity contribution in [3.05, 3.63) is 45.2 Å². The van der Waals surface area contributed by atoms with Crippen LogP contribution in [0.3, 0.4) is 0 Å². The quantitative estimate of drug-likeness (QED) is 0.812. The summed E-state index contributed by atoms with van der Waals surface area (Å²) in [4.78, 5) is 24.1. The minimum absolute atomic E-state index is 0.0402. The van der Waals surface area contributed by atoms with Crippen molar-refractivity contribution in [1.29, 1.82) is 0 Å². The van der Waals surface area contributed by atoms with Crippen LogP contribution in [0.5, 0.6) is 0 Å². The van der Waals surface area contributed by atoms with Crippen LogP contribution in [-0.2, 0) is 11.3 Å². The summed E-state index contributed by atoms with van der Waals surface area (Å²) in [6.45, 7) is 4.46. The highest BCUT2D eigenvalue weighted by Crippen LogP contribution is 2.21. The van der Waals surface area contributed by atoms with Crippen LogP contribution in [0.1, 0.15) is 24.2 Å². The van der Waals surface area contributed by atoms with Gasteiger partial charge in [-0.25, -0.2) is 4.79 Å². The summed E-state index contributed by atoms with van der Waals surface area (Å²) >= 11 is 6.13. The standard InChI is InChI=1S/C14H14ClNO3/c1-3-16-8-10(14(18)19-4-2)13(17)9-6-5-7-11(15)12(9)16/h5-8H,3-4H2,1-2H3. The third-order valence-electron chi connectivity index (χ3n) is 2.88. The van der Waals surface area contributed by atoms with Crippen LogP contribution in [-0.4, -0.2) is 17.1 Å². The molecule has 1 aromatic heterocycles. The first kappa shape index (κ1) is 13.6. The molecule has 0 unspecified atom stereocenters. The predicted octanol–water partition coefficient (Wildman–Crippen LogP) is 2.85. The van der Waals surface area contributed by atoms with E-state index in [4.69, 9.17) is 16.3 Å². The summed E-state index contributed by atoms with van der Waals surface area (Å²) in [6, 6.07) is 5.08. The maximum Gasteiger partial charge on any atom is 0.343 e. The molecule has 0 aliphatic carbocycles. The van der Waals surface area contributed by atoms with Crippen molar-refractivity contribution in [2.24, 2.45) is 0 Å². The highest BCUT2D eigenvalue weighted by Gasteiger charge is 2.17. The number of rotatable bonds is 3. The predicted molar refractivity (Wildman–Crippen MR) is 74.8 cm³/mol. The van der Waals surface area contributed by atoms with E-state index in [0.29, 0.717) is 22.5 Å². The van der Waals surface area contributed by atoms with Crippen LogP contribution in [0.15, 0.2) is 29.2 Å². The molecule has 0 spiro atoms. The first-order valence-corrected chi connectivity index (χ1v) is 6.46. The minimum Gasteiger partial charge on any atom is -0.462 e. The number of esters is 1. The fourth-order valence-corrected chi connectivity index (χ4v) is 2.30. The molecule has 100 valence electrons. The van der Waals surface area contributed by atoms with E-state index in [1.165, 1.54) is 6.20 Å². The molecule has 0 saturated heterocycles. The molecule has 1 heterocycles. The Kier molecular flexibility index (Phi) is 3.90. The first-order chi connectivity index (χ1) is 9.10. The molecule has 0 radical (unpaired) electrons. The third-order valence-corrected chi connectivity index (χ3v) is 3.19. The molecule has 4 nitrogen and oxygen atoms in total. The fraction of sp³-hybridized carbons (Fsp3) is 0.286. The molecular formula is C14H14ClNO3. The van der Waals surface area contributed by atoms with Crippen LogP contribution >= 0.6 is 11.6 Å². The lowest BCUT2D eigenvalue weighted by Crippen LogP contribution is -2.20. The molecule has 0 amide bonds. The Morgan fingerprint density at radius 2 is 2.11 bits per heavy atom. The van der Waals surface area contributed by atoms with Crippen molar-refractivity contribution < 1.29 is 9.53 Å². The Bertz CT molecular complexity index is 691. The highest BCUT2D eigenvalue weighted by atomic mass is 35.5. The Balaban J connectivity index is 2.80. The summed E-state index contributed by atoms with van der Waals surface area (Å²) in [5.74, 6) is -0.600. The van der Waals surface area contributed by atoms with E-state index in [9.17, 15) is 9.59 Å². The number of nitrogens with zero attached hydrogens (tertiary/aromatic N) is 1. The minimum atomic E-state index is -0.600. The van der Waals surface area contributed by atoms with Crippen molar-refractivity contribution in [2.45, 2.75) is 20.4 Å². The van der Waals surface area contributed by atoms with Crippen molar-refractivity contribution in [3.8, 4) is 0 Å². The topological polar surface area (TPSA) is 48.3 Å². The summed E-state index contributed by atoms with van der Waals surface area (Å²) in [5, 5.41) is 0.923. The molecule has 0 saturated carbocycles. The normalized spacial score (nSPS) is 10.7. The maximum absolute atomic E-state index is 12.3. The van der Waals surface area contributed by atoms with Crippen molar-refractivity contribution in [1.82, 2.24) is 4.57 Å². The number of fused-ring (bicyclic) bond motifs is 1. The number of carbonyl (C=O) groups is 1. The molecule has 5 heteroatoms. The molecule has 0 N–H and O–H groups in total. The number of halogens is 1. The van der Waals surface area contributed by atoms with Crippen LogP contribution < -0.4 is 5.43 Å². The zero-order chi connectivity index (χ0) is 14.0. The van der Waals surface area contributed by atoms with E-state index < -0.39 is 5.97 Å². The average Bonchev–Trinajstić information content (AvgIpc) is 2.40. The monoisotopic (exact) mass is 279 g/mol. The maximum atomic E-state index is 12.3. The Hall–Kier alpha value is -1.81. The molecule has 19 heavy (non-hydrogen) atoms. The number of carbonyl (C=O) groups excluding carboxylic acids is 1. The third kappa shape index (κ3) is 2.36. The van der Waals surface area contributed by atoms with Crippen molar-refractivity contribution in [2.75, 3.05) is 6.61 Å². The van der Waals surface area contributed by atoms with Crippen molar-refractivity contribution in [3.63, 3.8) is 0 Å².